The van der Waals surface area contributed by atoms with E-state index in [0.717, 1.165) is 28.0 Å². The molecule has 0 aliphatic heterocycles. The fourth-order valence-electron chi connectivity index (χ4n) is 2.61. The molecule has 1 aromatic carbocycles. The molecule has 0 bridgehead atoms. The molecule has 2 heterocycles. The largest absolute Gasteiger partial charge is 0.356 e. The number of H-pyrrole nitrogens is 1. The highest BCUT2D eigenvalue weighted by Gasteiger charge is 2.06. The van der Waals surface area contributed by atoms with Gasteiger partial charge in [0.15, 0.2) is 0 Å². The minimum absolute atomic E-state index is 0.0566. The van der Waals surface area contributed by atoms with Crippen molar-refractivity contribution in [2.24, 2.45) is 7.05 Å². The Morgan fingerprint density at radius 1 is 1.35 bits per heavy atom. The van der Waals surface area contributed by atoms with Gasteiger partial charge in [0.2, 0.25) is 5.91 Å². The quantitative estimate of drug-likeness (QED) is 0.730. The van der Waals surface area contributed by atoms with Crippen molar-refractivity contribution in [1.29, 1.82) is 0 Å². The highest BCUT2D eigenvalue weighted by Crippen LogP contribution is 2.15. The molecule has 0 unspecified atom stereocenters. The number of para-hydroxylation sites is 1. The van der Waals surface area contributed by atoms with Crippen LogP contribution in [0.25, 0.3) is 11.0 Å². The van der Waals surface area contributed by atoms with Crippen LogP contribution in [0.5, 0.6) is 0 Å². The predicted octanol–water partition coefficient (Wildman–Crippen LogP) is 1.90. The average Bonchev–Trinajstić information content (AvgIpc) is 3.12. The van der Waals surface area contributed by atoms with Gasteiger partial charge in [-0.25, -0.2) is 4.98 Å². The number of benzene rings is 1. The molecule has 2 aromatic heterocycles. The Labute approximate surface area is 134 Å². The van der Waals surface area contributed by atoms with Gasteiger partial charge in [-0.15, -0.1) is 0 Å². The number of nitrogens with one attached hydrogen (secondary N) is 2. The minimum Gasteiger partial charge on any atom is -0.356 e. The van der Waals surface area contributed by atoms with E-state index in [9.17, 15) is 4.79 Å². The number of fused-ring (bicyclic) bond motifs is 1. The molecule has 0 aliphatic carbocycles. The molecule has 0 fully saturated rings. The van der Waals surface area contributed by atoms with Gasteiger partial charge in [-0.1, -0.05) is 12.1 Å². The predicted molar refractivity (Wildman–Crippen MR) is 89.1 cm³/mol. The summed E-state index contributed by atoms with van der Waals surface area (Å²) in [5.74, 6) is 0.961. The van der Waals surface area contributed by atoms with Gasteiger partial charge in [0, 0.05) is 32.6 Å². The van der Waals surface area contributed by atoms with E-state index >= 15 is 0 Å². The lowest BCUT2D eigenvalue weighted by Gasteiger charge is -2.03. The van der Waals surface area contributed by atoms with E-state index in [1.54, 1.807) is 10.9 Å². The summed E-state index contributed by atoms with van der Waals surface area (Å²) in [6, 6.07) is 6.08. The van der Waals surface area contributed by atoms with Crippen LogP contribution in [0.3, 0.4) is 0 Å². The molecule has 3 rings (SSSR count). The van der Waals surface area contributed by atoms with Gasteiger partial charge in [0.25, 0.3) is 0 Å². The van der Waals surface area contributed by atoms with Crippen LogP contribution >= 0.6 is 0 Å². The Bertz CT molecular complexity index is 817. The first-order valence-electron chi connectivity index (χ1n) is 7.80. The van der Waals surface area contributed by atoms with Crippen molar-refractivity contribution in [2.75, 3.05) is 6.54 Å². The first kappa shape index (κ1) is 15.3. The molecule has 1 amide bonds. The van der Waals surface area contributed by atoms with E-state index in [-0.39, 0.29) is 5.91 Å². The molecule has 0 radical (unpaired) electrons. The Kier molecular flexibility index (Phi) is 4.41. The number of amides is 1. The number of rotatable bonds is 6. The molecule has 0 aliphatic rings. The molecule has 0 spiro atoms. The van der Waals surface area contributed by atoms with Gasteiger partial charge in [0.05, 0.1) is 17.2 Å². The second kappa shape index (κ2) is 6.64. The summed E-state index contributed by atoms with van der Waals surface area (Å²) < 4.78 is 1.75. The van der Waals surface area contributed by atoms with Crippen molar-refractivity contribution in [3.8, 4) is 0 Å². The summed E-state index contributed by atoms with van der Waals surface area (Å²) in [5.41, 5.74) is 4.29. The number of aromatic nitrogens is 4. The normalized spacial score (nSPS) is 11.0. The lowest BCUT2D eigenvalue weighted by molar-refractivity contribution is -0.121. The van der Waals surface area contributed by atoms with Gasteiger partial charge in [0.1, 0.15) is 5.82 Å². The molecule has 3 aromatic rings. The number of aromatic amines is 1. The fourth-order valence-corrected chi connectivity index (χ4v) is 2.61. The molecule has 120 valence electrons. The van der Waals surface area contributed by atoms with Crippen LogP contribution < -0.4 is 5.32 Å². The highest BCUT2D eigenvalue weighted by atomic mass is 16.1. The number of nitrogens with zero attached hydrogens (tertiary/aromatic N) is 3. The van der Waals surface area contributed by atoms with Crippen LogP contribution in [0.15, 0.2) is 30.6 Å². The third-order valence-corrected chi connectivity index (χ3v) is 3.85. The second-order valence-corrected chi connectivity index (χ2v) is 5.78. The summed E-state index contributed by atoms with van der Waals surface area (Å²) in [4.78, 5) is 19.8. The lowest BCUT2D eigenvalue weighted by Crippen LogP contribution is -2.26. The van der Waals surface area contributed by atoms with Crippen molar-refractivity contribution in [2.45, 2.75) is 26.2 Å². The maximum atomic E-state index is 11.9. The Morgan fingerprint density at radius 2 is 2.22 bits per heavy atom. The Hall–Kier alpha value is -2.63. The van der Waals surface area contributed by atoms with E-state index in [1.807, 2.05) is 38.4 Å². The van der Waals surface area contributed by atoms with Crippen LogP contribution in [0.4, 0.5) is 0 Å². The second-order valence-electron chi connectivity index (χ2n) is 5.78. The van der Waals surface area contributed by atoms with Crippen LogP contribution in [-0.4, -0.2) is 32.2 Å². The summed E-state index contributed by atoms with van der Waals surface area (Å²) in [6.45, 7) is 2.64. The van der Waals surface area contributed by atoms with Crippen molar-refractivity contribution in [3.05, 3.63) is 47.5 Å². The van der Waals surface area contributed by atoms with Gasteiger partial charge in [-0.2, -0.15) is 5.10 Å². The molecule has 0 saturated heterocycles. The molecule has 0 saturated carbocycles. The van der Waals surface area contributed by atoms with Gasteiger partial charge >= 0.3 is 0 Å². The maximum Gasteiger partial charge on any atom is 0.220 e. The molecule has 23 heavy (non-hydrogen) atoms. The summed E-state index contributed by atoms with van der Waals surface area (Å²) >= 11 is 0. The zero-order valence-electron chi connectivity index (χ0n) is 13.5. The summed E-state index contributed by atoms with van der Waals surface area (Å²) in [7, 11) is 1.87. The molecule has 0 atom stereocenters. The molecular weight excluding hydrogens is 290 g/mol. The Morgan fingerprint density at radius 3 is 2.96 bits per heavy atom. The van der Waals surface area contributed by atoms with E-state index in [4.69, 9.17) is 0 Å². The van der Waals surface area contributed by atoms with Crippen molar-refractivity contribution in [1.82, 2.24) is 25.1 Å². The third-order valence-electron chi connectivity index (χ3n) is 3.85. The first-order valence-corrected chi connectivity index (χ1v) is 7.80. The molecule has 6 nitrogen and oxygen atoms in total. The topological polar surface area (TPSA) is 75.6 Å². The van der Waals surface area contributed by atoms with Crippen molar-refractivity contribution >= 4 is 16.9 Å². The van der Waals surface area contributed by atoms with Gasteiger partial charge < -0.3 is 10.3 Å². The minimum atomic E-state index is 0.0566. The monoisotopic (exact) mass is 311 g/mol. The SMILES string of the molecule is Cc1cccc2[nH]c(CCNC(=O)CCc3cnn(C)c3)nc12. The molecule has 2 N–H and O–H groups in total. The van der Waals surface area contributed by atoms with Gasteiger partial charge in [-0.05, 0) is 30.5 Å². The smallest absolute Gasteiger partial charge is 0.220 e. The number of hydrogen-bond acceptors (Lipinski definition) is 3. The maximum absolute atomic E-state index is 11.9. The van der Waals surface area contributed by atoms with E-state index in [1.165, 1.54) is 0 Å². The fraction of sp³-hybridized carbons (Fsp3) is 0.353. The van der Waals surface area contributed by atoms with E-state index < -0.39 is 0 Å². The highest BCUT2D eigenvalue weighted by molar-refractivity contribution is 5.78. The van der Waals surface area contributed by atoms with E-state index in [0.29, 0.717) is 25.8 Å². The first-order chi connectivity index (χ1) is 11.1. The number of aryl methyl sites for hydroxylation is 3. The summed E-state index contributed by atoms with van der Waals surface area (Å²) in [5, 5.41) is 7.04. The lowest BCUT2D eigenvalue weighted by atomic mass is 10.2. The number of carbonyl (C=O) groups is 1. The van der Waals surface area contributed by atoms with Crippen molar-refractivity contribution < 1.29 is 4.79 Å². The number of imidazole rings is 1. The van der Waals surface area contributed by atoms with Crippen molar-refractivity contribution in [3.63, 3.8) is 0 Å². The number of carbonyl (C=O) groups excluding carboxylic acids is 1. The standard InChI is InChI=1S/C17H21N5O/c1-12-4-3-5-14-17(12)21-15(20-14)8-9-18-16(23)7-6-13-10-19-22(2)11-13/h3-5,10-11H,6-9H2,1-2H3,(H,18,23)(H,20,21). The third kappa shape index (κ3) is 3.77. The van der Waals surface area contributed by atoms with Crippen LogP contribution in [-0.2, 0) is 24.7 Å². The van der Waals surface area contributed by atoms with Crippen LogP contribution in [0.1, 0.15) is 23.4 Å². The average molecular weight is 311 g/mol. The van der Waals surface area contributed by atoms with Gasteiger partial charge in [-0.3, -0.25) is 9.48 Å². The number of hydrogen-bond donors (Lipinski definition) is 2. The Balaban J connectivity index is 1.46. The van der Waals surface area contributed by atoms with Crippen LogP contribution in [0.2, 0.25) is 0 Å². The van der Waals surface area contributed by atoms with E-state index in [2.05, 4.69) is 20.4 Å². The zero-order valence-corrected chi connectivity index (χ0v) is 13.5. The molecule has 6 heteroatoms. The zero-order chi connectivity index (χ0) is 16.2. The molecular formula is C17H21N5O. The van der Waals surface area contributed by atoms with Crippen LogP contribution in [0, 0.1) is 6.92 Å². The summed E-state index contributed by atoms with van der Waals surface area (Å²) in [6.07, 6.45) is 5.62.